The highest BCUT2D eigenvalue weighted by atomic mass is 35.5. The van der Waals surface area contributed by atoms with E-state index in [-0.39, 0.29) is 0 Å². The van der Waals surface area contributed by atoms with Crippen LogP contribution in [0.3, 0.4) is 0 Å². The Bertz CT molecular complexity index is 599. The van der Waals surface area contributed by atoms with Gasteiger partial charge in [-0.25, -0.2) is 0 Å². The number of benzene rings is 1. The van der Waals surface area contributed by atoms with Crippen LogP contribution in [0.25, 0.3) is 0 Å². The predicted octanol–water partition coefficient (Wildman–Crippen LogP) is 3.05. The molecule has 2 aromatic rings. The van der Waals surface area contributed by atoms with Crippen LogP contribution in [0.4, 0.5) is 0 Å². The molecule has 0 atom stereocenters. The standard InChI is InChI=1S/C15H20ClN3O2/c1-4-20-14-9-15(21-5-2)13(16)8-11(14)6-7-12-10-19(3)18-17-12/h8-10H,4-7H2,1-3H3. The minimum atomic E-state index is 0.574. The quantitative estimate of drug-likeness (QED) is 0.789. The second kappa shape index (κ2) is 7.31. The lowest BCUT2D eigenvalue weighted by Crippen LogP contribution is -2.01. The highest BCUT2D eigenvalue weighted by Gasteiger charge is 2.11. The first kappa shape index (κ1) is 15.6. The molecule has 0 saturated heterocycles. The Hall–Kier alpha value is -1.75. The monoisotopic (exact) mass is 309 g/mol. The van der Waals surface area contributed by atoms with Gasteiger partial charge < -0.3 is 9.47 Å². The van der Waals surface area contributed by atoms with Crippen molar-refractivity contribution in [2.24, 2.45) is 7.05 Å². The number of rotatable bonds is 7. The molecule has 0 fully saturated rings. The van der Waals surface area contributed by atoms with Gasteiger partial charge in [0.1, 0.15) is 11.5 Å². The van der Waals surface area contributed by atoms with Crippen molar-refractivity contribution in [3.8, 4) is 11.5 Å². The maximum atomic E-state index is 6.25. The van der Waals surface area contributed by atoms with Crippen LogP contribution >= 0.6 is 11.6 Å². The van der Waals surface area contributed by atoms with Gasteiger partial charge in [-0.2, -0.15) is 0 Å². The summed E-state index contributed by atoms with van der Waals surface area (Å²) in [5.41, 5.74) is 2.00. The Morgan fingerprint density at radius 3 is 2.43 bits per heavy atom. The molecular formula is C15H20ClN3O2. The maximum Gasteiger partial charge on any atom is 0.141 e. The zero-order valence-electron chi connectivity index (χ0n) is 12.6. The van der Waals surface area contributed by atoms with Crippen LogP contribution in [0, 0.1) is 0 Å². The van der Waals surface area contributed by atoms with Gasteiger partial charge in [-0.05, 0) is 38.3 Å². The molecule has 0 N–H and O–H groups in total. The molecule has 2 rings (SSSR count). The summed E-state index contributed by atoms with van der Waals surface area (Å²) in [5, 5.41) is 8.63. The number of hydrogen-bond acceptors (Lipinski definition) is 4. The largest absolute Gasteiger partial charge is 0.493 e. The molecular weight excluding hydrogens is 290 g/mol. The molecule has 0 unspecified atom stereocenters. The molecule has 1 heterocycles. The van der Waals surface area contributed by atoms with Crippen LogP contribution in [0.5, 0.6) is 11.5 Å². The number of aryl methyl sites for hydroxylation is 3. The lowest BCUT2D eigenvalue weighted by Gasteiger charge is -2.13. The first-order valence-corrected chi connectivity index (χ1v) is 7.45. The normalized spacial score (nSPS) is 10.7. The highest BCUT2D eigenvalue weighted by Crippen LogP contribution is 2.33. The van der Waals surface area contributed by atoms with E-state index < -0.39 is 0 Å². The second-order valence-electron chi connectivity index (χ2n) is 4.64. The fourth-order valence-corrected chi connectivity index (χ4v) is 2.34. The SMILES string of the molecule is CCOc1cc(OCC)c(CCc2cn(C)nn2)cc1Cl. The van der Waals surface area contributed by atoms with E-state index in [1.165, 1.54) is 0 Å². The molecule has 21 heavy (non-hydrogen) atoms. The summed E-state index contributed by atoms with van der Waals surface area (Å²) >= 11 is 6.25. The van der Waals surface area contributed by atoms with Crippen molar-refractivity contribution < 1.29 is 9.47 Å². The number of halogens is 1. The first-order valence-electron chi connectivity index (χ1n) is 7.07. The van der Waals surface area contributed by atoms with E-state index in [0.29, 0.717) is 24.0 Å². The van der Waals surface area contributed by atoms with Crippen molar-refractivity contribution in [2.45, 2.75) is 26.7 Å². The van der Waals surface area contributed by atoms with Crippen molar-refractivity contribution in [3.05, 3.63) is 34.6 Å². The minimum absolute atomic E-state index is 0.574. The molecule has 114 valence electrons. The Morgan fingerprint density at radius 2 is 1.81 bits per heavy atom. The van der Waals surface area contributed by atoms with Gasteiger partial charge in [0.2, 0.25) is 0 Å². The van der Waals surface area contributed by atoms with E-state index >= 15 is 0 Å². The molecule has 0 saturated carbocycles. The van der Waals surface area contributed by atoms with Crippen LogP contribution in [0.1, 0.15) is 25.1 Å². The average Bonchev–Trinajstić information content (AvgIpc) is 2.87. The third kappa shape index (κ3) is 4.11. The first-order chi connectivity index (χ1) is 10.1. The zero-order chi connectivity index (χ0) is 15.2. The molecule has 0 aliphatic rings. The van der Waals surface area contributed by atoms with Crippen LogP contribution in [-0.2, 0) is 19.9 Å². The maximum absolute atomic E-state index is 6.25. The fourth-order valence-electron chi connectivity index (χ4n) is 2.10. The van der Waals surface area contributed by atoms with Crippen LogP contribution < -0.4 is 9.47 Å². The lowest BCUT2D eigenvalue weighted by molar-refractivity contribution is 0.321. The molecule has 0 bridgehead atoms. The van der Waals surface area contributed by atoms with E-state index in [2.05, 4.69) is 10.3 Å². The second-order valence-corrected chi connectivity index (χ2v) is 5.05. The average molecular weight is 310 g/mol. The molecule has 0 aliphatic carbocycles. The number of ether oxygens (including phenoxy) is 2. The summed E-state index contributed by atoms with van der Waals surface area (Å²) in [5.74, 6) is 1.47. The lowest BCUT2D eigenvalue weighted by atomic mass is 10.1. The van der Waals surface area contributed by atoms with Gasteiger partial charge in [0.05, 0.1) is 23.9 Å². The third-order valence-electron chi connectivity index (χ3n) is 3.02. The van der Waals surface area contributed by atoms with Crippen LogP contribution in [0.15, 0.2) is 18.3 Å². The van der Waals surface area contributed by atoms with Gasteiger partial charge in [0, 0.05) is 19.3 Å². The molecule has 1 aromatic heterocycles. The van der Waals surface area contributed by atoms with E-state index in [9.17, 15) is 0 Å². The Kier molecular flexibility index (Phi) is 5.44. The van der Waals surface area contributed by atoms with Crippen molar-refractivity contribution in [2.75, 3.05) is 13.2 Å². The Balaban J connectivity index is 2.18. The summed E-state index contributed by atoms with van der Waals surface area (Å²) in [6, 6.07) is 3.77. The molecule has 0 radical (unpaired) electrons. The zero-order valence-corrected chi connectivity index (χ0v) is 13.4. The predicted molar refractivity (Wildman–Crippen MR) is 82.2 cm³/mol. The van der Waals surface area contributed by atoms with Gasteiger partial charge in [0.15, 0.2) is 0 Å². The van der Waals surface area contributed by atoms with E-state index in [1.807, 2.05) is 39.2 Å². The smallest absolute Gasteiger partial charge is 0.141 e. The van der Waals surface area contributed by atoms with Gasteiger partial charge in [-0.1, -0.05) is 16.8 Å². The fraction of sp³-hybridized carbons (Fsp3) is 0.467. The Morgan fingerprint density at radius 1 is 1.10 bits per heavy atom. The Labute approximate surface area is 129 Å². The van der Waals surface area contributed by atoms with Gasteiger partial charge in [-0.3, -0.25) is 4.68 Å². The van der Waals surface area contributed by atoms with Crippen molar-refractivity contribution in [1.29, 1.82) is 0 Å². The molecule has 1 aromatic carbocycles. The van der Waals surface area contributed by atoms with Gasteiger partial charge in [-0.15, -0.1) is 5.10 Å². The van der Waals surface area contributed by atoms with Gasteiger partial charge in [0.25, 0.3) is 0 Å². The molecule has 6 heteroatoms. The number of nitrogens with zero attached hydrogens (tertiary/aromatic N) is 3. The summed E-state index contributed by atoms with van der Waals surface area (Å²) in [4.78, 5) is 0. The summed E-state index contributed by atoms with van der Waals surface area (Å²) in [6.07, 6.45) is 3.49. The topological polar surface area (TPSA) is 49.2 Å². The minimum Gasteiger partial charge on any atom is -0.493 e. The van der Waals surface area contributed by atoms with E-state index in [1.54, 1.807) is 4.68 Å². The molecule has 0 amide bonds. The van der Waals surface area contributed by atoms with Gasteiger partial charge >= 0.3 is 0 Å². The van der Waals surface area contributed by atoms with Crippen LogP contribution in [-0.4, -0.2) is 28.2 Å². The summed E-state index contributed by atoms with van der Waals surface area (Å²) < 4.78 is 12.9. The molecule has 5 nitrogen and oxygen atoms in total. The highest BCUT2D eigenvalue weighted by molar-refractivity contribution is 6.32. The van der Waals surface area contributed by atoms with E-state index in [4.69, 9.17) is 21.1 Å². The molecule has 0 spiro atoms. The molecule has 0 aliphatic heterocycles. The summed E-state index contributed by atoms with van der Waals surface area (Å²) in [6.45, 7) is 5.07. The van der Waals surface area contributed by atoms with Crippen molar-refractivity contribution in [3.63, 3.8) is 0 Å². The number of hydrogen-bond donors (Lipinski definition) is 0. The summed E-state index contributed by atoms with van der Waals surface area (Å²) in [7, 11) is 1.86. The van der Waals surface area contributed by atoms with E-state index in [0.717, 1.165) is 29.8 Å². The van der Waals surface area contributed by atoms with Crippen molar-refractivity contribution >= 4 is 11.6 Å². The number of aromatic nitrogens is 3. The van der Waals surface area contributed by atoms with Crippen LogP contribution in [0.2, 0.25) is 5.02 Å². The third-order valence-corrected chi connectivity index (χ3v) is 3.31. The van der Waals surface area contributed by atoms with Crippen molar-refractivity contribution in [1.82, 2.24) is 15.0 Å².